The van der Waals surface area contributed by atoms with Crippen molar-refractivity contribution < 1.29 is 28.7 Å². The number of nitrogens with zero attached hydrogens (tertiary/aromatic N) is 2. The van der Waals surface area contributed by atoms with Crippen LogP contribution in [0, 0.1) is 0 Å². The molecule has 36 heavy (non-hydrogen) atoms. The van der Waals surface area contributed by atoms with Crippen LogP contribution in [0.25, 0.3) is 0 Å². The highest BCUT2D eigenvalue weighted by Gasteiger charge is 2.44. The van der Waals surface area contributed by atoms with Gasteiger partial charge in [0.2, 0.25) is 5.91 Å². The van der Waals surface area contributed by atoms with E-state index in [0.717, 1.165) is 4.90 Å². The maximum atomic E-state index is 13.7. The molecule has 0 saturated carbocycles. The molecule has 1 unspecified atom stereocenters. The molecule has 1 atom stereocenters. The van der Waals surface area contributed by atoms with E-state index in [1.807, 2.05) is 0 Å². The molecular formula is C27H23ClN2O6. The van der Waals surface area contributed by atoms with Gasteiger partial charge in [0.1, 0.15) is 11.8 Å². The molecule has 1 saturated heterocycles. The standard InChI is InChI=1S/C27H23ClN2O6/c1-35-21-8-5-7-18(14-21)25(32)29(16-19-6-3-4-9-22(19)28)23-15-24(31)30(26(23)33)20-12-10-17(11-13-20)27(34)36-2/h3-14,23H,15-16H2,1-2H3. The van der Waals surface area contributed by atoms with Gasteiger partial charge in [-0.05, 0) is 54.1 Å². The topological polar surface area (TPSA) is 93.2 Å². The predicted octanol–water partition coefficient (Wildman–Crippen LogP) is 4.11. The van der Waals surface area contributed by atoms with Gasteiger partial charge >= 0.3 is 5.97 Å². The van der Waals surface area contributed by atoms with Crippen LogP contribution in [0.5, 0.6) is 5.75 Å². The second kappa shape index (κ2) is 10.6. The number of amides is 3. The van der Waals surface area contributed by atoms with Gasteiger partial charge in [-0.25, -0.2) is 9.69 Å². The third kappa shape index (κ3) is 4.94. The normalized spacial score (nSPS) is 15.1. The van der Waals surface area contributed by atoms with E-state index in [9.17, 15) is 19.2 Å². The Hall–Kier alpha value is -4.17. The summed E-state index contributed by atoms with van der Waals surface area (Å²) in [6.45, 7) is 0.0223. The van der Waals surface area contributed by atoms with Gasteiger partial charge in [-0.15, -0.1) is 0 Å². The largest absolute Gasteiger partial charge is 0.497 e. The Kier molecular flexibility index (Phi) is 7.36. The molecule has 0 spiro atoms. The second-order valence-corrected chi connectivity index (χ2v) is 8.49. The molecule has 0 N–H and O–H groups in total. The molecule has 8 nitrogen and oxygen atoms in total. The lowest BCUT2D eigenvalue weighted by atomic mass is 10.1. The Morgan fingerprint density at radius 2 is 1.69 bits per heavy atom. The van der Waals surface area contributed by atoms with Crippen molar-refractivity contribution >= 4 is 41.0 Å². The Balaban J connectivity index is 1.68. The van der Waals surface area contributed by atoms with Crippen molar-refractivity contribution in [3.63, 3.8) is 0 Å². The summed E-state index contributed by atoms with van der Waals surface area (Å²) in [5.74, 6) is -1.50. The lowest BCUT2D eigenvalue weighted by Gasteiger charge is -2.28. The SMILES string of the molecule is COC(=O)c1ccc(N2C(=O)CC(N(Cc3ccccc3Cl)C(=O)c3cccc(OC)c3)C2=O)cc1. The molecule has 0 aromatic heterocycles. The lowest BCUT2D eigenvalue weighted by Crippen LogP contribution is -2.45. The van der Waals surface area contributed by atoms with Crippen LogP contribution in [-0.4, -0.2) is 48.9 Å². The molecule has 0 radical (unpaired) electrons. The average molecular weight is 507 g/mol. The first kappa shape index (κ1) is 24.9. The summed E-state index contributed by atoms with van der Waals surface area (Å²) < 4.78 is 9.93. The van der Waals surface area contributed by atoms with Crippen LogP contribution >= 0.6 is 11.6 Å². The van der Waals surface area contributed by atoms with Crippen LogP contribution in [0.3, 0.4) is 0 Å². The van der Waals surface area contributed by atoms with Crippen molar-refractivity contribution in [3.05, 3.63) is 94.5 Å². The number of hydrogen-bond donors (Lipinski definition) is 0. The van der Waals surface area contributed by atoms with Crippen molar-refractivity contribution in [2.75, 3.05) is 19.1 Å². The number of carbonyl (C=O) groups excluding carboxylic acids is 4. The number of imide groups is 1. The first-order valence-corrected chi connectivity index (χ1v) is 11.5. The van der Waals surface area contributed by atoms with Gasteiger partial charge in [-0.1, -0.05) is 35.9 Å². The highest BCUT2D eigenvalue weighted by Crippen LogP contribution is 2.30. The fourth-order valence-electron chi connectivity index (χ4n) is 4.05. The fraction of sp³-hybridized carbons (Fsp3) is 0.185. The Labute approximate surface area is 213 Å². The summed E-state index contributed by atoms with van der Waals surface area (Å²) in [5.41, 5.74) is 1.52. The first-order valence-electron chi connectivity index (χ1n) is 11.1. The molecule has 3 aromatic rings. The Morgan fingerprint density at radius 1 is 0.972 bits per heavy atom. The van der Waals surface area contributed by atoms with E-state index >= 15 is 0 Å². The highest BCUT2D eigenvalue weighted by molar-refractivity contribution is 6.31. The molecule has 0 bridgehead atoms. The number of benzene rings is 3. The van der Waals surface area contributed by atoms with Gasteiger partial charge in [0.25, 0.3) is 11.8 Å². The molecule has 184 valence electrons. The van der Waals surface area contributed by atoms with Crippen LogP contribution in [-0.2, 0) is 20.9 Å². The molecule has 1 aliphatic heterocycles. The summed E-state index contributed by atoms with van der Waals surface area (Å²) in [4.78, 5) is 54.3. The van der Waals surface area contributed by atoms with Crippen LogP contribution in [0.2, 0.25) is 5.02 Å². The number of esters is 1. The maximum Gasteiger partial charge on any atom is 0.337 e. The summed E-state index contributed by atoms with van der Waals surface area (Å²) in [7, 11) is 2.76. The minimum absolute atomic E-state index is 0.0223. The van der Waals surface area contributed by atoms with E-state index in [1.54, 1.807) is 48.5 Å². The smallest absolute Gasteiger partial charge is 0.337 e. The van der Waals surface area contributed by atoms with Crippen molar-refractivity contribution in [2.45, 2.75) is 19.0 Å². The first-order chi connectivity index (χ1) is 17.3. The van der Waals surface area contributed by atoms with Gasteiger partial charge in [0.05, 0.1) is 31.9 Å². The number of carbonyl (C=O) groups is 4. The maximum absolute atomic E-state index is 13.7. The quantitative estimate of drug-likeness (QED) is 0.353. The number of rotatable bonds is 7. The molecule has 1 fully saturated rings. The highest BCUT2D eigenvalue weighted by atomic mass is 35.5. The molecule has 0 aliphatic carbocycles. The predicted molar refractivity (Wildman–Crippen MR) is 133 cm³/mol. The van der Waals surface area contributed by atoms with E-state index in [4.69, 9.17) is 21.1 Å². The Morgan fingerprint density at radius 3 is 2.36 bits per heavy atom. The van der Waals surface area contributed by atoms with Gasteiger partial charge in [0.15, 0.2) is 0 Å². The molecule has 4 rings (SSSR count). The molecule has 9 heteroatoms. The number of halogens is 1. The van der Waals surface area contributed by atoms with Gasteiger partial charge < -0.3 is 14.4 Å². The van der Waals surface area contributed by atoms with Gasteiger partial charge in [-0.3, -0.25) is 14.4 Å². The summed E-state index contributed by atoms with van der Waals surface area (Å²) in [6, 6.07) is 18.5. The van der Waals surface area contributed by atoms with Crippen LogP contribution in [0.15, 0.2) is 72.8 Å². The number of ether oxygens (including phenoxy) is 2. The Bertz CT molecular complexity index is 1320. The summed E-state index contributed by atoms with van der Waals surface area (Å²) in [5, 5.41) is 0.438. The van der Waals surface area contributed by atoms with E-state index in [-0.39, 0.29) is 18.5 Å². The lowest BCUT2D eigenvalue weighted by molar-refractivity contribution is -0.122. The number of anilines is 1. The molecule has 1 aliphatic rings. The zero-order chi connectivity index (χ0) is 25.8. The third-order valence-electron chi connectivity index (χ3n) is 5.92. The van der Waals surface area contributed by atoms with Crippen molar-refractivity contribution in [2.24, 2.45) is 0 Å². The molecule has 3 amide bonds. The fourth-order valence-corrected chi connectivity index (χ4v) is 4.25. The van der Waals surface area contributed by atoms with Crippen molar-refractivity contribution in [1.29, 1.82) is 0 Å². The number of methoxy groups -OCH3 is 2. The molecular weight excluding hydrogens is 484 g/mol. The second-order valence-electron chi connectivity index (χ2n) is 8.08. The van der Waals surface area contributed by atoms with Crippen LogP contribution in [0.4, 0.5) is 5.69 Å². The average Bonchev–Trinajstić information content (AvgIpc) is 3.20. The summed E-state index contributed by atoms with van der Waals surface area (Å²) >= 11 is 6.36. The van der Waals surface area contributed by atoms with Gasteiger partial charge in [-0.2, -0.15) is 0 Å². The van der Waals surface area contributed by atoms with E-state index < -0.39 is 29.7 Å². The minimum Gasteiger partial charge on any atom is -0.497 e. The summed E-state index contributed by atoms with van der Waals surface area (Å²) in [6.07, 6.45) is -0.197. The zero-order valence-corrected chi connectivity index (χ0v) is 20.4. The minimum atomic E-state index is -1.05. The van der Waals surface area contributed by atoms with Crippen LogP contribution in [0.1, 0.15) is 32.7 Å². The monoisotopic (exact) mass is 506 g/mol. The van der Waals surface area contributed by atoms with Crippen molar-refractivity contribution in [3.8, 4) is 5.75 Å². The van der Waals surface area contributed by atoms with Crippen molar-refractivity contribution in [1.82, 2.24) is 4.90 Å². The number of hydrogen-bond acceptors (Lipinski definition) is 6. The van der Waals surface area contributed by atoms with E-state index in [2.05, 4.69) is 0 Å². The van der Waals surface area contributed by atoms with Crippen LogP contribution < -0.4 is 9.64 Å². The zero-order valence-electron chi connectivity index (χ0n) is 19.6. The van der Waals surface area contributed by atoms with Gasteiger partial charge in [0, 0.05) is 17.1 Å². The van der Waals surface area contributed by atoms with E-state index in [0.29, 0.717) is 27.6 Å². The van der Waals surface area contributed by atoms with E-state index in [1.165, 1.54) is 43.4 Å². The molecule has 1 heterocycles. The third-order valence-corrected chi connectivity index (χ3v) is 6.29. The molecule has 3 aromatic carbocycles.